The summed E-state index contributed by atoms with van der Waals surface area (Å²) in [6, 6.07) is 11.3. The van der Waals surface area contributed by atoms with Gasteiger partial charge in [-0.05, 0) is 67.3 Å². The zero-order chi connectivity index (χ0) is 20.9. The lowest BCUT2D eigenvalue weighted by Gasteiger charge is -2.22. The molecule has 2 aromatic rings. The Hall–Kier alpha value is -2.54. The fourth-order valence-electron chi connectivity index (χ4n) is 2.76. The van der Waals surface area contributed by atoms with Gasteiger partial charge in [-0.3, -0.25) is 9.10 Å². The van der Waals surface area contributed by atoms with Crippen molar-refractivity contribution in [1.29, 1.82) is 0 Å². The number of methoxy groups -OCH3 is 1. The number of ether oxygens (including phenoxy) is 1. The summed E-state index contributed by atoms with van der Waals surface area (Å²) >= 11 is 0. The summed E-state index contributed by atoms with van der Waals surface area (Å²) in [6.45, 7) is 6.61. The first-order valence-corrected chi connectivity index (χ1v) is 10.6. The van der Waals surface area contributed by atoms with Crippen LogP contribution in [0.5, 0.6) is 5.75 Å². The second-order valence-electron chi connectivity index (χ2n) is 7.09. The molecule has 2 rings (SSSR count). The topological polar surface area (TPSA) is 75.7 Å². The highest BCUT2D eigenvalue weighted by atomic mass is 32.2. The summed E-state index contributed by atoms with van der Waals surface area (Å²) < 4.78 is 32.1. The van der Waals surface area contributed by atoms with Crippen LogP contribution in [0.4, 0.5) is 5.69 Å². The van der Waals surface area contributed by atoms with E-state index < -0.39 is 10.0 Å². The predicted molar refractivity (Wildman–Crippen MR) is 112 cm³/mol. The summed E-state index contributed by atoms with van der Waals surface area (Å²) in [7, 11) is -0.688. The summed E-state index contributed by atoms with van der Waals surface area (Å²) in [5.74, 6) is 0.947. The molecule has 0 atom stereocenters. The van der Waals surface area contributed by atoms with Gasteiger partial charge < -0.3 is 10.1 Å². The Morgan fingerprint density at radius 2 is 1.79 bits per heavy atom. The van der Waals surface area contributed by atoms with Gasteiger partial charge in [0.1, 0.15) is 5.75 Å². The minimum absolute atomic E-state index is 0.157. The van der Waals surface area contributed by atoms with Gasteiger partial charge in [-0.15, -0.1) is 0 Å². The molecule has 0 unspecified atom stereocenters. The van der Waals surface area contributed by atoms with E-state index in [9.17, 15) is 13.2 Å². The van der Waals surface area contributed by atoms with E-state index in [1.807, 2.05) is 0 Å². The Balaban J connectivity index is 2.21. The number of carbonyl (C=O) groups is 1. The number of aryl methyl sites for hydroxylation is 1. The minimum atomic E-state index is -3.72. The molecule has 0 aliphatic carbocycles. The maximum absolute atomic E-state index is 12.9. The third kappa shape index (κ3) is 5.04. The van der Waals surface area contributed by atoms with Gasteiger partial charge in [0.05, 0.1) is 17.7 Å². The maximum Gasteiger partial charge on any atom is 0.264 e. The van der Waals surface area contributed by atoms with Crippen LogP contribution in [0.1, 0.15) is 36.2 Å². The van der Waals surface area contributed by atoms with Crippen LogP contribution in [0.15, 0.2) is 47.4 Å². The monoisotopic (exact) mass is 404 g/mol. The first-order chi connectivity index (χ1) is 13.2. The lowest BCUT2D eigenvalue weighted by Crippen LogP contribution is -2.28. The van der Waals surface area contributed by atoms with Gasteiger partial charge in [0, 0.05) is 19.2 Å². The molecule has 1 amide bonds. The van der Waals surface area contributed by atoms with Gasteiger partial charge in [-0.2, -0.15) is 0 Å². The average molecular weight is 405 g/mol. The Bertz CT molecular complexity index is 922. The molecule has 0 heterocycles. The maximum atomic E-state index is 12.9. The Kier molecular flexibility index (Phi) is 7.07. The van der Waals surface area contributed by atoms with E-state index in [4.69, 9.17) is 4.74 Å². The number of nitrogens with one attached hydrogen (secondary N) is 1. The number of benzene rings is 2. The van der Waals surface area contributed by atoms with Crippen molar-refractivity contribution in [3.05, 3.63) is 53.6 Å². The van der Waals surface area contributed by atoms with E-state index in [0.717, 1.165) is 6.42 Å². The number of rotatable bonds is 8. The highest BCUT2D eigenvalue weighted by molar-refractivity contribution is 7.92. The van der Waals surface area contributed by atoms with Crippen molar-refractivity contribution in [3.8, 4) is 5.75 Å². The summed E-state index contributed by atoms with van der Waals surface area (Å²) in [4.78, 5) is 12.5. The van der Waals surface area contributed by atoms with Crippen LogP contribution in [0.3, 0.4) is 0 Å². The zero-order valence-corrected chi connectivity index (χ0v) is 17.8. The smallest absolute Gasteiger partial charge is 0.264 e. The fourth-order valence-corrected chi connectivity index (χ4v) is 4.02. The average Bonchev–Trinajstić information content (AvgIpc) is 2.67. The van der Waals surface area contributed by atoms with Crippen molar-refractivity contribution >= 4 is 21.6 Å². The van der Waals surface area contributed by atoms with Gasteiger partial charge in [-0.25, -0.2) is 8.42 Å². The van der Waals surface area contributed by atoms with Crippen LogP contribution >= 0.6 is 0 Å². The standard InChI is InChI=1S/C21H28N2O4S/c1-15(2)12-13-22-21(24)17-6-11-20(16(3)14-17)23(4)28(25,26)19-9-7-18(27-5)8-10-19/h6-11,14-15H,12-13H2,1-5H3,(H,22,24). The van der Waals surface area contributed by atoms with E-state index in [1.165, 1.54) is 30.6 Å². The third-order valence-electron chi connectivity index (χ3n) is 4.52. The van der Waals surface area contributed by atoms with Crippen molar-refractivity contribution in [2.45, 2.75) is 32.1 Å². The second-order valence-corrected chi connectivity index (χ2v) is 9.06. The molecule has 1 N–H and O–H groups in total. The highest BCUT2D eigenvalue weighted by Gasteiger charge is 2.23. The number of nitrogens with zero attached hydrogens (tertiary/aromatic N) is 1. The second kappa shape index (κ2) is 9.10. The molecule has 7 heteroatoms. The zero-order valence-electron chi connectivity index (χ0n) is 17.0. The molecule has 0 aliphatic rings. The normalized spacial score (nSPS) is 11.4. The van der Waals surface area contributed by atoms with Gasteiger partial charge in [0.25, 0.3) is 15.9 Å². The molecule has 152 valence electrons. The van der Waals surface area contributed by atoms with Crippen molar-refractivity contribution in [1.82, 2.24) is 5.32 Å². The van der Waals surface area contributed by atoms with Crippen molar-refractivity contribution in [2.24, 2.45) is 5.92 Å². The molecule has 2 aromatic carbocycles. The third-order valence-corrected chi connectivity index (χ3v) is 6.31. The fraction of sp³-hybridized carbons (Fsp3) is 0.381. The molecule has 0 fully saturated rings. The predicted octanol–water partition coefficient (Wildman–Crippen LogP) is 3.60. The van der Waals surface area contributed by atoms with Crippen LogP contribution in [0.2, 0.25) is 0 Å². The SMILES string of the molecule is COc1ccc(S(=O)(=O)N(C)c2ccc(C(=O)NCCC(C)C)cc2C)cc1. The number of sulfonamides is 1. The van der Waals surface area contributed by atoms with Crippen molar-refractivity contribution in [2.75, 3.05) is 25.0 Å². The van der Waals surface area contributed by atoms with E-state index in [-0.39, 0.29) is 10.8 Å². The van der Waals surface area contributed by atoms with Gasteiger partial charge in [0.15, 0.2) is 0 Å². The minimum Gasteiger partial charge on any atom is -0.497 e. The first kappa shape index (κ1) is 21.8. The van der Waals surface area contributed by atoms with E-state index >= 15 is 0 Å². The molecule has 0 radical (unpaired) electrons. The number of anilines is 1. The van der Waals surface area contributed by atoms with E-state index in [0.29, 0.717) is 35.0 Å². The van der Waals surface area contributed by atoms with Crippen LogP contribution in [-0.2, 0) is 10.0 Å². The number of amides is 1. The molecule has 0 aliphatic heterocycles. The molecule has 6 nitrogen and oxygen atoms in total. The molecule has 0 spiro atoms. The summed E-state index contributed by atoms with van der Waals surface area (Å²) in [5.41, 5.74) is 1.74. The molecule has 0 bridgehead atoms. The molecule has 0 saturated heterocycles. The van der Waals surface area contributed by atoms with Gasteiger partial charge >= 0.3 is 0 Å². The lowest BCUT2D eigenvalue weighted by molar-refractivity contribution is 0.0952. The van der Waals surface area contributed by atoms with Crippen LogP contribution < -0.4 is 14.4 Å². The first-order valence-electron chi connectivity index (χ1n) is 9.18. The summed E-state index contributed by atoms with van der Waals surface area (Å²) in [5, 5.41) is 2.89. The van der Waals surface area contributed by atoms with Crippen molar-refractivity contribution in [3.63, 3.8) is 0 Å². The Morgan fingerprint density at radius 1 is 1.14 bits per heavy atom. The number of hydrogen-bond acceptors (Lipinski definition) is 4. The number of hydrogen-bond donors (Lipinski definition) is 1. The van der Waals surface area contributed by atoms with Gasteiger partial charge in [0.2, 0.25) is 0 Å². The molecule has 0 aromatic heterocycles. The van der Waals surface area contributed by atoms with Crippen molar-refractivity contribution < 1.29 is 17.9 Å². The Morgan fingerprint density at radius 3 is 2.32 bits per heavy atom. The summed E-state index contributed by atoms with van der Waals surface area (Å²) in [6.07, 6.45) is 0.908. The molecule has 28 heavy (non-hydrogen) atoms. The highest BCUT2D eigenvalue weighted by Crippen LogP contribution is 2.27. The van der Waals surface area contributed by atoms with Gasteiger partial charge in [-0.1, -0.05) is 13.8 Å². The van der Waals surface area contributed by atoms with Crippen LogP contribution in [0, 0.1) is 12.8 Å². The Labute approximate surface area is 167 Å². The lowest BCUT2D eigenvalue weighted by atomic mass is 10.1. The largest absolute Gasteiger partial charge is 0.497 e. The molecular weight excluding hydrogens is 376 g/mol. The van der Waals surface area contributed by atoms with Crippen LogP contribution in [-0.4, -0.2) is 35.0 Å². The quantitative estimate of drug-likeness (QED) is 0.729. The van der Waals surface area contributed by atoms with E-state index in [2.05, 4.69) is 19.2 Å². The number of carbonyl (C=O) groups excluding carboxylic acids is 1. The van der Waals surface area contributed by atoms with E-state index in [1.54, 1.807) is 37.3 Å². The molecule has 0 saturated carbocycles. The van der Waals surface area contributed by atoms with Crippen LogP contribution in [0.25, 0.3) is 0 Å². The molecular formula is C21H28N2O4S.